The Balaban J connectivity index is 2.21. The highest BCUT2D eigenvalue weighted by atomic mass is 32.2. The number of nitrogens with zero attached hydrogens (tertiary/aromatic N) is 1. The first-order valence-corrected chi connectivity index (χ1v) is 8.28. The van der Waals surface area contributed by atoms with Gasteiger partial charge in [0.2, 0.25) is 0 Å². The predicted molar refractivity (Wildman–Crippen MR) is 87.8 cm³/mol. The van der Waals surface area contributed by atoms with Crippen molar-refractivity contribution in [3.8, 4) is 0 Å². The van der Waals surface area contributed by atoms with Crippen LogP contribution in [0.15, 0.2) is 24.3 Å². The molecule has 1 aromatic heterocycles. The second-order valence-electron chi connectivity index (χ2n) is 5.57. The summed E-state index contributed by atoms with van der Waals surface area (Å²) in [5.41, 5.74) is 0.513. The number of benzene rings is 1. The quantitative estimate of drug-likeness (QED) is 0.888. The number of fused-ring (bicyclic) bond motifs is 1. The molecule has 0 bridgehead atoms. The normalized spacial score (nSPS) is 13.9. The zero-order chi connectivity index (χ0) is 16.3. The molecular weight excluding hydrogens is 303 g/mol. The molecule has 6 heteroatoms. The average molecular weight is 322 g/mol. The summed E-state index contributed by atoms with van der Waals surface area (Å²) in [6.45, 7) is 3.55. The number of amides is 1. The van der Waals surface area contributed by atoms with Gasteiger partial charge in [0, 0.05) is 23.8 Å². The Morgan fingerprint density at radius 2 is 2.18 bits per heavy atom. The van der Waals surface area contributed by atoms with Gasteiger partial charge in [0.25, 0.3) is 5.91 Å². The van der Waals surface area contributed by atoms with E-state index in [2.05, 4.69) is 10.3 Å². The molecule has 0 saturated carbocycles. The Kier molecular flexibility index (Phi) is 5.03. The van der Waals surface area contributed by atoms with Crippen LogP contribution in [0.4, 0.5) is 4.39 Å². The Morgan fingerprint density at radius 1 is 1.45 bits per heavy atom. The molecule has 1 aromatic carbocycles. The van der Waals surface area contributed by atoms with Gasteiger partial charge in [0.05, 0.1) is 22.4 Å². The second-order valence-corrected chi connectivity index (χ2v) is 6.44. The molecular formula is C16H19FN2O2S. The molecule has 1 unspecified atom stereocenters. The lowest BCUT2D eigenvalue weighted by molar-refractivity contribution is 0.0724. The summed E-state index contributed by atoms with van der Waals surface area (Å²) in [4.78, 5) is 16.6. The molecule has 1 amide bonds. The van der Waals surface area contributed by atoms with Crippen LogP contribution < -0.4 is 5.32 Å². The van der Waals surface area contributed by atoms with Crippen LogP contribution in [0.25, 0.3) is 10.9 Å². The minimum absolute atomic E-state index is 0.160. The molecule has 4 nitrogen and oxygen atoms in total. The first kappa shape index (κ1) is 16.7. The number of rotatable bonds is 5. The summed E-state index contributed by atoms with van der Waals surface area (Å²) in [5, 5.41) is 13.5. The van der Waals surface area contributed by atoms with E-state index in [-0.39, 0.29) is 18.3 Å². The van der Waals surface area contributed by atoms with Gasteiger partial charge in [0.15, 0.2) is 0 Å². The van der Waals surface area contributed by atoms with Crippen LogP contribution in [-0.4, -0.2) is 40.2 Å². The van der Waals surface area contributed by atoms with Crippen molar-refractivity contribution < 1.29 is 14.3 Å². The average Bonchev–Trinajstić information content (AvgIpc) is 2.44. The smallest absolute Gasteiger partial charge is 0.253 e. The Morgan fingerprint density at radius 3 is 2.86 bits per heavy atom. The highest BCUT2D eigenvalue weighted by molar-refractivity contribution is 7.98. The highest BCUT2D eigenvalue weighted by Crippen LogP contribution is 2.18. The lowest BCUT2D eigenvalue weighted by Crippen LogP contribution is -2.42. The van der Waals surface area contributed by atoms with Crippen LogP contribution in [0.5, 0.6) is 0 Å². The zero-order valence-corrected chi connectivity index (χ0v) is 13.6. The zero-order valence-electron chi connectivity index (χ0n) is 12.8. The molecule has 1 atom stereocenters. The number of hydrogen-bond acceptors (Lipinski definition) is 4. The number of aryl methyl sites for hydroxylation is 1. The van der Waals surface area contributed by atoms with Crippen molar-refractivity contribution >= 4 is 28.6 Å². The second kappa shape index (κ2) is 6.62. The van der Waals surface area contributed by atoms with Crippen LogP contribution in [0.1, 0.15) is 23.0 Å². The van der Waals surface area contributed by atoms with Gasteiger partial charge in [0.1, 0.15) is 5.82 Å². The van der Waals surface area contributed by atoms with E-state index in [1.165, 1.54) is 23.9 Å². The summed E-state index contributed by atoms with van der Waals surface area (Å²) in [7, 11) is 0. The highest BCUT2D eigenvalue weighted by Gasteiger charge is 2.21. The third-order valence-corrected chi connectivity index (χ3v) is 4.21. The van der Waals surface area contributed by atoms with Gasteiger partial charge in [-0.2, -0.15) is 11.8 Å². The molecule has 118 valence electrons. The predicted octanol–water partition coefficient (Wildman–Crippen LogP) is 2.53. The molecule has 0 fully saturated rings. The maximum atomic E-state index is 13.2. The lowest BCUT2D eigenvalue weighted by Gasteiger charge is -2.22. The molecule has 0 spiro atoms. The van der Waals surface area contributed by atoms with Crippen LogP contribution in [0, 0.1) is 12.7 Å². The van der Waals surface area contributed by atoms with Gasteiger partial charge in [-0.1, -0.05) is 0 Å². The Bertz CT molecular complexity index is 704. The van der Waals surface area contributed by atoms with E-state index >= 15 is 0 Å². The van der Waals surface area contributed by atoms with E-state index in [4.69, 9.17) is 0 Å². The molecule has 0 aliphatic rings. The molecule has 22 heavy (non-hydrogen) atoms. The van der Waals surface area contributed by atoms with Gasteiger partial charge < -0.3 is 10.4 Å². The summed E-state index contributed by atoms with van der Waals surface area (Å²) in [6, 6.07) is 5.96. The van der Waals surface area contributed by atoms with Crippen molar-refractivity contribution in [2.75, 3.05) is 18.6 Å². The van der Waals surface area contributed by atoms with Crippen LogP contribution in [0.3, 0.4) is 0 Å². The summed E-state index contributed by atoms with van der Waals surface area (Å²) >= 11 is 1.51. The minimum atomic E-state index is -0.962. The van der Waals surface area contributed by atoms with Crippen molar-refractivity contribution in [1.82, 2.24) is 10.3 Å². The number of thioether (sulfide) groups is 1. The lowest BCUT2D eigenvalue weighted by atomic mass is 10.1. The van der Waals surface area contributed by atoms with E-state index in [0.29, 0.717) is 27.9 Å². The largest absolute Gasteiger partial charge is 0.387 e. The maximum Gasteiger partial charge on any atom is 0.253 e. The van der Waals surface area contributed by atoms with Crippen molar-refractivity contribution in [1.29, 1.82) is 0 Å². The summed E-state index contributed by atoms with van der Waals surface area (Å²) < 4.78 is 13.2. The van der Waals surface area contributed by atoms with Crippen molar-refractivity contribution in [2.24, 2.45) is 0 Å². The van der Waals surface area contributed by atoms with E-state index in [1.807, 2.05) is 6.26 Å². The monoisotopic (exact) mass is 322 g/mol. The number of nitrogens with one attached hydrogen (secondary N) is 1. The maximum absolute atomic E-state index is 13.2. The van der Waals surface area contributed by atoms with Gasteiger partial charge in [-0.3, -0.25) is 9.78 Å². The van der Waals surface area contributed by atoms with Gasteiger partial charge in [-0.05, 0) is 38.3 Å². The molecule has 1 heterocycles. The molecule has 0 radical (unpaired) electrons. The number of halogens is 1. The number of carbonyl (C=O) groups excluding carboxylic acids is 1. The topological polar surface area (TPSA) is 62.2 Å². The summed E-state index contributed by atoms with van der Waals surface area (Å²) in [6.07, 6.45) is 1.90. The van der Waals surface area contributed by atoms with Gasteiger partial charge in [-0.25, -0.2) is 4.39 Å². The fourth-order valence-corrected chi connectivity index (χ4v) is 2.92. The van der Waals surface area contributed by atoms with Crippen molar-refractivity contribution in [3.63, 3.8) is 0 Å². The number of hydrogen-bond donors (Lipinski definition) is 2. The van der Waals surface area contributed by atoms with Crippen LogP contribution in [0.2, 0.25) is 0 Å². The summed E-state index contributed by atoms with van der Waals surface area (Å²) in [5.74, 6) is -0.121. The fourth-order valence-electron chi connectivity index (χ4n) is 2.19. The number of aromatic nitrogens is 1. The Hall–Kier alpha value is -1.66. The molecule has 0 saturated heterocycles. The van der Waals surface area contributed by atoms with E-state index in [0.717, 1.165) is 0 Å². The minimum Gasteiger partial charge on any atom is -0.387 e. The molecule has 0 aliphatic carbocycles. The first-order valence-electron chi connectivity index (χ1n) is 6.89. The third-order valence-electron chi connectivity index (χ3n) is 3.30. The fraction of sp³-hybridized carbons (Fsp3) is 0.375. The first-order chi connectivity index (χ1) is 10.3. The van der Waals surface area contributed by atoms with Crippen LogP contribution in [-0.2, 0) is 0 Å². The SMILES string of the molecule is CSCC(C)(O)CNC(=O)c1cc2ccc(F)cc2nc1C. The van der Waals surface area contributed by atoms with E-state index in [9.17, 15) is 14.3 Å². The molecule has 2 N–H and O–H groups in total. The van der Waals surface area contributed by atoms with Crippen LogP contribution >= 0.6 is 11.8 Å². The Labute approximate surface area is 133 Å². The van der Waals surface area contributed by atoms with Crippen molar-refractivity contribution in [2.45, 2.75) is 19.4 Å². The van der Waals surface area contributed by atoms with Crippen molar-refractivity contribution in [3.05, 3.63) is 41.3 Å². The molecule has 2 rings (SSSR count). The van der Waals surface area contributed by atoms with E-state index < -0.39 is 5.60 Å². The number of carbonyl (C=O) groups is 1. The standard InChI is InChI=1S/C16H19FN2O2S/c1-10-13(15(20)18-8-16(2,21)9-22-3)6-11-4-5-12(17)7-14(11)19-10/h4-7,21H,8-9H2,1-3H3,(H,18,20). The number of aliphatic hydroxyl groups is 1. The van der Waals surface area contributed by atoms with Gasteiger partial charge >= 0.3 is 0 Å². The third kappa shape index (κ3) is 3.96. The molecule has 0 aliphatic heterocycles. The number of pyridine rings is 1. The van der Waals surface area contributed by atoms with Gasteiger partial charge in [-0.15, -0.1) is 0 Å². The van der Waals surface area contributed by atoms with E-state index in [1.54, 1.807) is 26.0 Å². The molecule has 2 aromatic rings.